The smallest absolute Gasteiger partial charge is 0.279 e. The first-order valence-corrected chi connectivity index (χ1v) is 8.80. The molecule has 4 nitrogen and oxygen atoms in total. The van der Waals surface area contributed by atoms with E-state index in [9.17, 15) is 9.18 Å². The molecule has 0 unspecified atom stereocenters. The molecule has 0 aromatic heterocycles. The normalized spacial score (nSPS) is 15.2. The van der Waals surface area contributed by atoms with Crippen LogP contribution in [0.25, 0.3) is 0 Å². The van der Waals surface area contributed by atoms with Crippen LogP contribution in [0.4, 0.5) is 15.8 Å². The van der Waals surface area contributed by atoms with Crippen LogP contribution in [0.3, 0.4) is 0 Å². The van der Waals surface area contributed by atoms with Crippen molar-refractivity contribution in [2.24, 2.45) is 0 Å². The van der Waals surface area contributed by atoms with Gasteiger partial charge in [0.05, 0.1) is 36.9 Å². The summed E-state index contributed by atoms with van der Waals surface area (Å²) in [6.07, 6.45) is 0. The zero-order valence-corrected chi connectivity index (χ0v) is 14.9. The Morgan fingerprint density at radius 1 is 1.24 bits per heavy atom. The van der Waals surface area contributed by atoms with Crippen molar-refractivity contribution in [3.05, 3.63) is 58.9 Å². The van der Waals surface area contributed by atoms with E-state index in [0.717, 1.165) is 26.2 Å². The van der Waals surface area contributed by atoms with Crippen molar-refractivity contribution in [3.8, 4) is 0 Å². The first kappa shape index (κ1) is 17.7. The lowest BCUT2D eigenvalue weighted by molar-refractivity contribution is -0.892. The van der Waals surface area contributed by atoms with Crippen LogP contribution < -0.4 is 15.1 Å². The van der Waals surface area contributed by atoms with E-state index in [1.54, 1.807) is 0 Å². The van der Waals surface area contributed by atoms with E-state index in [4.69, 9.17) is 11.6 Å². The predicted octanol–water partition coefficient (Wildman–Crippen LogP) is 2.13. The summed E-state index contributed by atoms with van der Waals surface area (Å²) >= 11 is 5.95. The molecule has 3 rings (SSSR count). The second-order valence-corrected chi connectivity index (χ2v) is 6.78. The molecule has 0 spiro atoms. The number of nitrogens with zero attached hydrogens (tertiary/aromatic N) is 1. The third kappa shape index (κ3) is 4.50. The maximum absolute atomic E-state index is 13.1. The Kier molecular flexibility index (Phi) is 5.56. The Bertz CT molecular complexity index is 760. The van der Waals surface area contributed by atoms with Crippen LogP contribution in [0.15, 0.2) is 42.5 Å². The summed E-state index contributed by atoms with van der Waals surface area (Å²) in [6, 6.07) is 12.3. The van der Waals surface area contributed by atoms with Gasteiger partial charge in [-0.25, -0.2) is 4.39 Å². The Morgan fingerprint density at radius 3 is 2.64 bits per heavy atom. The fraction of sp³-hybridized carbons (Fsp3) is 0.316. The highest BCUT2D eigenvalue weighted by atomic mass is 35.5. The van der Waals surface area contributed by atoms with Gasteiger partial charge in [-0.05, 0) is 36.8 Å². The van der Waals surface area contributed by atoms with Crippen molar-refractivity contribution in [2.75, 3.05) is 42.9 Å². The summed E-state index contributed by atoms with van der Waals surface area (Å²) < 4.78 is 13.1. The molecule has 0 radical (unpaired) electrons. The lowest BCUT2D eigenvalue weighted by Crippen LogP contribution is -3.15. The number of para-hydroxylation sites is 1. The number of anilines is 2. The van der Waals surface area contributed by atoms with Gasteiger partial charge in [0.1, 0.15) is 5.82 Å². The van der Waals surface area contributed by atoms with Gasteiger partial charge in [0.25, 0.3) is 5.91 Å². The molecule has 1 aliphatic rings. The minimum Gasteiger partial charge on any atom is -0.360 e. The summed E-state index contributed by atoms with van der Waals surface area (Å²) in [5.74, 6) is -0.520. The van der Waals surface area contributed by atoms with Crippen LogP contribution in [-0.2, 0) is 4.79 Å². The van der Waals surface area contributed by atoms with Gasteiger partial charge >= 0.3 is 0 Å². The molecule has 0 aliphatic carbocycles. The van der Waals surface area contributed by atoms with Gasteiger partial charge in [0.15, 0.2) is 6.54 Å². The van der Waals surface area contributed by atoms with Gasteiger partial charge in [-0.2, -0.15) is 0 Å². The molecule has 0 saturated carbocycles. The molecular weight excluding hydrogens is 341 g/mol. The van der Waals surface area contributed by atoms with Crippen molar-refractivity contribution in [3.63, 3.8) is 0 Å². The standard InChI is InChI=1S/C19H21ClFN3O/c1-14-4-2-3-5-18(14)24-10-8-23(9-11-24)13-19(25)22-17-7-6-15(21)12-16(17)20/h2-7,12H,8-11,13H2,1H3,(H,22,25)/p+1. The Balaban J connectivity index is 1.52. The third-order valence-corrected chi connectivity index (χ3v) is 4.86. The van der Waals surface area contributed by atoms with Gasteiger partial charge in [0.2, 0.25) is 0 Å². The number of amides is 1. The first-order valence-electron chi connectivity index (χ1n) is 8.42. The number of halogens is 2. The van der Waals surface area contributed by atoms with Crippen molar-refractivity contribution < 1.29 is 14.1 Å². The number of rotatable bonds is 4. The van der Waals surface area contributed by atoms with Crippen LogP contribution in [0.2, 0.25) is 5.02 Å². The molecule has 1 saturated heterocycles. The molecule has 25 heavy (non-hydrogen) atoms. The molecule has 1 aliphatic heterocycles. The largest absolute Gasteiger partial charge is 0.360 e. The Hall–Kier alpha value is -2.11. The van der Waals surface area contributed by atoms with E-state index >= 15 is 0 Å². The number of quaternary nitrogens is 1. The molecule has 2 N–H and O–H groups in total. The van der Waals surface area contributed by atoms with Crippen molar-refractivity contribution in [1.29, 1.82) is 0 Å². The van der Waals surface area contributed by atoms with E-state index in [1.807, 2.05) is 6.07 Å². The number of carbonyl (C=O) groups is 1. The van der Waals surface area contributed by atoms with E-state index in [1.165, 1.54) is 34.3 Å². The first-order chi connectivity index (χ1) is 12.0. The monoisotopic (exact) mass is 362 g/mol. The SMILES string of the molecule is Cc1ccccc1N1CC[NH+](CC(=O)Nc2ccc(F)cc2Cl)CC1. The lowest BCUT2D eigenvalue weighted by Gasteiger charge is -2.34. The molecule has 1 fully saturated rings. The quantitative estimate of drug-likeness (QED) is 0.874. The molecule has 132 valence electrons. The van der Waals surface area contributed by atoms with Gasteiger partial charge in [-0.15, -0.1) is 0 Å². The zero-order chi connectivity index (χ0) is 17.8. The summed E-state index contributed by atoms with van der Waals surface area (Å²) in [5, 5.41) is 2.98. The van der Waals surface area contributed by atoms with E-state index in [-0.39, 0.29) is 10.9 Å². The fourth-order valence-electron chi connectivity index (χ4n) is 3.17. The molecular formula is C19H22ClFN3O+. The molecule has 0 atom stereocenters. The second-order valence-electron chi connectivity index (χ2n) is 6.37. The minimum absolute atomic E-state index is 0.104. The lowest BCUT2D eigenvalue weighted by atomic mass is 10.1. The number of piperazine rings is 1. The predicted molar refractivity (Wildman–Crippen MR) is 99.0 cm³/mol. The van der Waals surface area contributed by atoms with Crippen molar-refractivity contribution >= 4 is 28.9 Å². The van der Waals surface area contributed by atoms with Crippen LogP contribution >= 0.6 is 11.6 Å². The summed E-state index contributed by atoms with van der Waals surface area (Å²) in [5.41, 5.74) is 2.99. The molecule has 1 heterocycles. The highest BCUT2D eigenvalue weighted by Gasteiger charge is 2.23. The van der Waals surface area contributed by atoms with Crippen LogP contribution in [-0.4, -0.2) is 38.6 Å². The van der Waals surface area contributed by atoms with Gasteiger partial charge < -0.3 is 15.1 Å². The number of carbonyl (C=O) groups excluding carboxylic acids is 1. The summed E-state index contributed by atoms with van der Waals surface area (Å²) in [7, 11) is 0. The Labute approximate surface area is 152 Å². The van der Waals surface area contributed by atoms with Crippen LogP contribution in [0.1, 0.15) is 5.56 Å². The molecule has 2 aromatic rings. The third-order valence-electron chi connectivity index (χ3n) is 4.54. The summed E-state index contributed by atoms with van der Waals surface area (Å²) in [4.78, 5) is 15.8. The van der Waals surface area contributed by atoms with Crippen LogP contribution in [0.5, 0.6) is 0 Å². The van der Waals surface area contributed by atoms with E-state index < -0.39 is 5.82 Å². The van der Waals surface area contributed by atoms with E-state index in [0.29, 0.717) is 12.2 Å². The maximum atomic E-state index is 13.1. The average molecular weight is 363 g/mol. The molecule has 6 heteroatoms. The molecule has 1 amide bonds. The minimum atomic E-state index is -0.416. The highest BCUT2D eigenvalue weighted by molar-refractivity contribution is 6.33. The van der Waals surface area contributed by atoms with Gasteiger partial charge in [0, 0.05) is 5.69 Å². The topological polar surface area (TPSA) is 36.8 Å². The van der Waals surface area contributed by atoms with Crippen molar-refractivity contribution in [2.45, 2.75) is 6.92 Å². The summed E-state index contributed by atoms with van der Waals surface area (Å²) in [6.45, 7) is 6.15. The van der Waals surface area contributed by atoms with Crippen LogP contribution in [0, 0.1) is 12.7 Å². The molecule has 2 aromatic carbocycles. The fourth-order valence-corrected chi connectivity index (χ4v) is 3.39. The van der Waals surface area contributed by atoms with Gasteiger partial charge in [-0.1, -0.05) is 29.8 Å². The second kappa shape index (κ2) is 7.85. The number of aryl methyl sites for hydroxylation is 1. The maximum Gasteiger partial charge on any atom is 0.279 e. The number of hydrogen-bond acceptors (Lipinski definition) is 2. The number of nitrogens with one attached hydrogen (secondary N) is 2. The molecule has 0 bridgehead atoms. The zero-order valence-electron chi connectivity index (χ0n) is 14.2. The number of benzene rings is 2. The van der Waals surface area contributed by atoms with E-state index in [2.05, 4.69) is 35.3 Å². The number of hydrogen-bond donors (Lipinski definition) is 2. The van der Waals surface area contributed by atoms with Crippen molar-refractivity contribution in [1.82, 2.24) is 0 Å². The average Bonchev–Trinajstić information content (AvgIpc) is 2.59. The highest BCUT2D eigenvalue weighted by Crippen LogP contribution is 2.22. The van der Waals surface area contributed by atoms with Gasteiger partial charge in [-0.3, -0.25) is 4.79 Å². The Morgan fingerprint density at radius 2 is 1.96 bits per heavy atom.